The molecule has 0 bridgehead atoms. The maximum Gasteiger partial charge on any atom is 0.130 e. The van der Waals surface area contributed by atoms with E-state index in [0.717, 1.165) is 12.5 Å². The van der Waals surface area contributed by atoms with Gasteiger partial charge in [-0.05, 0) is 56.0 Å². The summed E-state index contributed by atoms with van der Waals surface area (Å²) in [5.41, 5.74) is 7.47. The number of hydrogen-bond donors (Lipinski definition) is 2. The number of ether oxygens (including phenoxy) is 1. The minimum absolute atomic E-state index is 0.0546. The summed E-state index contributed by atoms with van der Waals surface area (Å²) in [6.07, 6.45) is 5.26. The van der Waals surface area contributed by atoms with Crippen molar-refractivity contribution in [2.24, 2.45) is 11.7 Å². The molecule has 1 aromatic carbocycles. The van der Waals surface area contributed by atoms with E-state index in [1.807, 2.05) is 12.1 Å². The maximum absolute atomic E-state index is 7.56. The van der Waals surface area contributed by atoms with Gasteiger partial charge >= 0.3 is 0 Å². The Bertz CT molecular complexity index is 487. The van der Waals surface area contributed by atoms with Gasteiger partial charge in [0, 0.05) is 6.54 Å². The quantitative estimate of drug-likeness (QED) is 0.647. The molecular weight excluding hydrogens is 262 g/mol. The largest absolute Gasteiger partial charge is 0.496 e. The van der Waals surface area contributed by atoms with Gasteiger partial charge in [-0.1, -0.05) is 19.4 Å². The number of rotatable bonds is 5. The highest BCUT2D eigenvalue weighted by atomic mass is 16.5. The summed E-state index contributed by atoms with van der Waals surface area (Å²) in [6, 6.07) is 5.96. The summed E-state index contributed by atoms with van der Waals surface area (Å²) in [5.74, 6) is 1.64. The number of hydrogen-bond acceptors (Lipinski definition) is 3. The average molecular weight is 289 g/mol. The lowest BCUT2D eigenvalue weighted by Gasteiger charge is -2.21. The number of likely N-dealkylation sites (tertiary alicyclic amines) is 1. The zero-order valence-corrected chi connectivity index (χ0v) is 13.2. The third-order valence-corrected chi connectivity index (χ3v) is 4.48. The van der Waals surface area contributed by atoms with E-state index in [1.54, 1.807) is 7.11 Å². The van der Waals surface area contributed by atoms with Gasteiger partial charge in [0.2, 0.25) is 0 Å². The molecule has 0 spiro atoms. The van der Waals surface area contributed by atoms with Crippen LogP contribution in [0.2, 0.25) is 0 Å². The van der Waals surface area contributed by atoms with Crippen LogP contribution in [0.5, 0.6) is 5.75 Å². The van der Waals surface area contributed by atoms with Crippen molar-refractivity contribution in [1.82, 2.24) is 4.90 Å². The Morgan fingerprint density at radius 2 is 2.19 bits per heavy atom. The zero-order chi connectivity index (χ0) is 15.2. The lowest BCUT2D eigenvalue weighted by molar-refractivity contribution is 0.271. The molecule has 2 rings (SSSR count). The molecule has 1 saturated heterocycles. The Hall–Kier alpha value is -1.55. The monoisotopic (exact) mass is 289 g/mol. The highest BCUT2D eigenvalue weighted by Crippen LogP contribution is 2.24. The van der Waals surface area contributed by atoms with Crippen LogP contribution in [0.3, 0.4) is 0 Å². The molecule has 3 N–H and O–H groups in total. The van der Waals surface area contributed by atoms with Crippen LogP contribution in [0.25, 0.3) is 0 Å². The Labute approximate surface area is 127 Å². The molecule has 1 aliphatic rings. The van der Waals surface area contributed by atoms with Crippen LogP contribution >= 0.6 is 0 Å². The molecule has 0 saturated carbocycles. The Kier molecular flexibility index (Phi) is 5.62. The normalized spacial score (nSPS) is 20.0. The van der Waals surface area contributed by atoms with Crippen LogP contribution in [-0.4, -0.2) is 30.9 Å². The molecule has 4 nitrogen and oxygen atoms in total. The van der Waals surface area contributed by atoms with Gasteiger partial charge in [0.05, 0.1) is 12.7 Å². The van der Waals surface area contributed by atoms with Gasteiger partial charge in [-0.3, -0.25) is 10.3 Å². The topological polar surface area (TPSA) is 62.3 Å². The summed E-state index contributed by atoms with van der Waals surface area (Å²) >= 11 is 0. The molecule has 1 heterocycles. The molecule has 0 amide bonds. The molecule has 1 atom stereocenters. The fourth-order valence-electron chi connectivity index (χ4n) is 3.11. The van der Waals surface area contributed by atoms with Gasteiger partial charge in [0.1, 0.15) is 11.6 Å². The lowest BCUT2D eigenvalue weighted by Crippen LogP contribution is -2.24. The van der Waals surface area contributed by atoms with Gasteiger partial charge in [0.15, 0.2) is 0 Å². The van der Waals surface area contributed by atoms with Crippen molar-refractivity contribution < 1.29 is 4.74 Å². The standard InChI is InChI=1S/C17H27N3O/c1-3-13-5-4-9-20(10-8-13)12-14-6-7-15(17(18)19)16(11-14)21-2/h6-7,11,13H,3-5,8-10,12H2,1-2H3,(H3,18,19). The molecule has 1 aromatic rings. The first-order chi connectivity index (χ1) is 10.1. The van der Waals surface area contributed by atoms with E-state index in [0.29, 0.717) is 11.3 Å². The summed E-state index contributed by atoms with van der Waals surface area (Å²) in [7, 11) is 1.63. The van der Waals surface area contributed by atoms with Gasteiger partial charge < -0.3 is 10.5 Å². The molecule has 1 fully saturated rings. The Balaban J connectivity index is 2.04. The maximum atomic E-state index is 7.56. The first-order valence-electron chi connectivity index (χ1n) is 7.87. The highest BCUT2D eigenvalue weighted by Gasteiger charge is 2.16. The van der Waals surface area contributed by atoms with Crippen molar-refractivity contribution in [3.8, 4) is 5.75 Å². The number of amidine groups is 1. The predicted octanol–water partition coefficient (Wildman–Crippen LogP) is 2.99. The molecule has 1 unspecified atom stereocenters. The number of benzene rings is 1. The van der Waals surface area contributed by atoms with E-state index in [2.05, 4.69) is 17.9 Å². The van der Waals surface area contributed by atoms with Crippen LogP contribution in [0, 0.1) is 11.3 Å². The zero-order valence-electron chi connectivity index (χ0n) is 13.2. The van der Waals surface area contributed by atoms with Crippen LogP contribution in [-0.2, 0) is 6.54 Å². The second-order valence-electron chi connectivity index (χ2n) is 5.93. The van der Waals surface area contributed by atoms with E-state index in [9.17, 15) is 0 Å². The van der Waals surface area contributed by atoms with E-state index in [-0.39, 0.29) is 5.84 Å². The predicted molar refractivity (Wildman–Crippen MR) is 86.9 cm³/mol. The third-order valence-electron chi connectivity index (χ3n) is 4.48. The van der Waals surface area contributed by atoms with Crippen molar-refractivity contribution in [3.63, 3.8) is 0 Å². The minimum atomic E-state index is 0.0546. The number of methoxy groups -OCH3 is 1. The summed E-state index contributed by atoms with van der Waals surface area (Å²) in [4.78, 5) is 2.53. The molecule has 0 radical (unpaired) electrons. The van der Waals surface area contributed by atoms with Crippen LogP contribution in [0.1, 0.15) is 43.7 Å². The minimum Gasteiger partial charge on any atom is -0.496 e. The van der Waals surface area contributed by atoms with Gasteiger partial charge in [-0.15, -0.1) is 0 Å². The average Bonchev–Trinajstić information content (AvgIpc) is 2.72. The Morgan fingerprint density at radius 1 is 1.38 bits per heavy atom. The van der Waals surface area contributed by atoms with Gasteiger partial charge in [0.25, 0.3) is 0 Å². The lowest BCUT2D eigenvalue weighted by atomic mass is 9.98. The SMILES string of the molecule is CCC1CCCN(Cc2ccc(C(=N)N)c(OC)c2)CC1. The van der Waals surface area contributed by atoms with Crippen LogP contribution in [0.4, 0.5) is 0 Å². The van der Waals surface area contributed by atoms with E-state index < -0.39 is 0 Å². The summed E-state index contributed by atoms with van der Waals surface area (Å²) in [5, 5.41) is 7.56. The van der Waals surface area contributed by atoms with Crippen LogP contribution < -0.4 is 10.5 Å². The molecule has 0 aliphatic carbocycles. The van der Waals surface area contributed by atoms with Gasteiger partial charge in [-0.25, -0.2) is 0 Å². The number of nitrogens with two attached hydrogens (primary N) is 1. The fourth-order valence-corrected chi connectivity index (χ4v) is 3.11. The smallest absolute Gasteiger partial charge is 0.130 e. The van der Waals surface area contributed by atoms with Crippen molar-refractivity contribution in [2.75, 3.05) is 20.2 Å². The summed E-state index contributed by atoms with van der Waals surface area (Å²) < 4.78 is 5.36. The molecule has 21 heavy (non-hydrogen) atoms. The second kappa shape index (κ2) is 7.46. The van der Waals surface area contributed by atoms with Crippen molar-refractivity contribution in [2.45, 2.75) is 39.2 Å². The van der Waals surface area contributed by atoms with Crippen LogP contribution in [0.15, 0.2) is 18.2 Å². The highest BCUT2D eigenvalue weighted by molar-refractivity contribution is 5.97. The first kappa shape index (κ1) is 15.8. The van der Waals surface area contributed by atoms with Gasteiger partial charge in [-0.2, -0.15) is 0 Å². The van der Waals surface area contributed by atoms with Crippen molar-refractivity contribution in [1.29, 1.82) is 5.41 Å². The second-order valence-corrected chi connectivity index (χ2v) is 5.93. The fraction of sp³-hybridized carbons (Fsp3) is 0.588. The van der Waals surface area contributed by atoms with E-state index >= 15 is 0 Å². The first-order valence-corrected chi connectivity index (χ1v) is 7.87. The number of nitrogen functional groups attached to an aromatic ring is 1. The molecule has 1 aliphatic heterocycles. The number of nitrogens with zero attached hydrogens (tertiary/aromatic N) is 1. The molecular formula is C17H27N3O. The number of nitrogens with one attached hydrogen (secondary N) is 1. The Morgan fingerprint density at radius 3 is 2.86 bits per heavy atom. The summed E-state index contributed by atoms with van der Waals surface area (Å²) in [6.45, 7) is 5.60. The molecule has 116 valence electrons. The van der Waals surface area contributed by atoms with E-state index in [1.165, 1.54) is 44.3 Å². The third kappa shape index (κ3) is 4.21. The van der Waals surface area contributed by atoms with Crippen molar-refractivity contribution in [3.05, 3.63) is 29.3 Å². The van der Waals surface area contributed by atoms with Crippen molar-refractivity contribution >= 4 is 5.84 Å². The molecule has 4 heteroatoms. The van der Waals surface area contributed by atoms with E-state index in [4.69, 9.17) is 15.9 Å². The molecule has 0 aromatic heterocycles.